The van der Waals surface area contributed by atoms with Crippen LogP contribution in [-0.4, -0.2) is 18.0 Å². The van der Waals surface area contributed by atoms with Crippen LogP contribution in [0.3, 0.4) is 0 Å². The van der Waals surface area contributed by atoms with E-state index in [1.165, 1.54) is 18.3 Å². The number of carbonyl (C=O) groups is 1. The third-order valence-corrected chi connectivity index (χ3v) is 2.96. The zero-order chi connectivity index (χ0) is 14.5. The summed E-state index contributed by atoms with van der Waals surface area (Å²) in [7, 11) is 1.56. The maximum atomic E-state index is 13.4. The number of pyridine rings is 1. The van der Waals surface area contributed by atoms with Gasteiger partial charge in [0.15, 0.2) is 0 Å². The van der Waals surface area contributed by atoms with Gasteiger partial charge in [0.25, 0.3) is 5.91 Å². The molecule has 1 heterocycles. The summed E-state index contributed by atoms with van der Waals surface area (Å²) in [6.45, 7) is 1.81. The van der Waals surface area contributed by atoms with Crippen molar-refractivity contribution in [2.45, 2.75) is 13.0 Å². The number of hydrogen-bond donors (Lipinski definition) is 1. The van der Waals surface area contributed by atoms with Gasteiger partial charge < -0.3 is 10.1 Å². The molecule has 0 bridgehead atoms. The van der Waals surface area contributed by atoms with Crippen molar-refractivity contribution in [3.05, 3.63) is 59.7 Å². The van der Waals surface area contributed by atoms with Gasteiger partial charge in [0.2, 0.25) is 5.95 Å². The van der Waals surface area contributed by atoms with Gasteiger partial charge in [0, 0.05) is 11.8 Å². The van der Waals surface area contributed by atoms with E-state index in [4.69, 9.17) is 4.74 Å². The van der Waals surface area contributed by atoms with Crippen LogP contribution in [0.15, 0.2) is 42.6 Å². The average molecular weight is 274 g/mol. The summed E-state index contributed by atoms with van der Waals surface area (Å²) >= 11 is 0. The Bertz CT molecular complexity index is 616. The molecule has 104 valence electrons. The van der Waals surface area contributed by atoms with Crippen molar-refractivity contribution in [1.82, 2.24) is 10.3 Å². The first-order valence-electron chi connectivity index (χ1n) is 6.17. The second kappa shape index (κ2) is 6.14. The van der Waals surface area contributed by atoms with Crippen LogP contribution in [0.5, 0.6) is 5.75 Å². The van der Waals surface area contributed by atoms with E-state index in [1.54, 1.807) is 7.11 Å². The molecule has 2 rings (SSSR count). The number of amides is 1. The molecule has 1 unspecified atom stereocenters. The fraction of sp³-hybridized carbons (Fsp3) is 0.200. The molecule has 4 nitrogen and oxygen atoms in total. The first-order valence-corrected chi connectivity index (χ1v) is 6.17. The minimum Gasteiger partial charge on any atom is -0.496 e. The molecule has 5 heteroatoms. The molecule has 0 aliphatic rings. The van der Waals surface area contributed by atoms with Crippen LogP contribution in [-0.2, 0) is 0 Å². The molecule has 1 aromatic heterocycles. The molecule has 1 aromatic carbocycles. The predicted octanol–water partition coefficient (Wildman–Crippen LogP) is 2.72. The number of benzene rings is 1. The Balaban J connectivity index is 2.18. The number of hydrogen-bond acceptors (Lipinski definition) is 3. The number of rotatable bonds is 4. The van der Waals surface area contributed by atoms with Gasteiger partial charge in [0.1, 0.15) is 5.75 Å². The molecule has 1 atom stereocenters. The number of methoxy groups -OCH3 is 1. The molecule has 0 saturated carbocycles. The summed E-state index contributed by atoms with van der Waals surface area (Å²) in [4.78, 5) is 15.5. The van der Waals surface area contributed by atoms with E-state index in [9.17, 15) is 9.18 Å². The molecule has 1 amide bonds. The lowest BCUT2D eigenvalue weighted by Gasteiger charge is -2.17. The van der Waals surface area contributed by atoms with Gasteiger partial charge in [-0.3, -0.25) is 4.79 Å². The Morgan fingerprint density at radius 2 is 2.05 bits per heavy atom. The van der Waals surface area contributed by atoms with E-state index in [0.29, 0.717) is 5.75 Å². The molecule has 2 aromatic rings. The standard InChI is InChI=1S/C15H15FN2O2/c1-10(11-6-3-4-8-13(11)20-2)18-15(19)12-7-5-9-17-14(12)16/h3-10H,1-2H3,(H,18,19). The minimum atomic E-state index is -0.780. The monoisotopic (exact) mass is 274 g/mol. The maximum Gasteiger partial charge on any atom is 0.256 e. The highest BCUT2D eigenvalue weighted by Gasteiger charge is 2.17. The number of aromatic nitrogens is 1. The SMILES string of the molecule is COc1ccccc1C(C)NC(=O)c1cccnc1F. The number of nitrogens with one attached hydrogen (secondary N) is 1. The topological polar surface area (TPSA) is 51.2 Å². The summed E-state index contributed by atoms with van der Waals surface area (Å²) in [6.07, 6.45) is 1.30. The second-order valence-electron chi connectivity index (χ2n) is 4.28. The Labute approximate surface area is 116 Å². The molecule has 0 aliphatic carbocycles. The molecule has 0 radical (unpaired) electrons. The summed E-state index contributed by atoms with van der Waals surface area (Å²) in [6, 6.07) is 9.96. The Kier molecular flexibility index (Phi) is 4.30. The lowest BCUT2D eigenvalue weighted by molar-refractivity contribution is 0.0934. The van der Waals surface area contributed by atoms with E-state index >= 15 is 0 Å². The number of para-hydroxylation sites is 1. The molecule has 20 heavy (non-hydrogen) atoms. The van der Waals surface area contributed by atoms with Crippen LogP contribution in [0.1, 0.15) is 28.9 Å². The summed E-state index contributed by atoms with van der Waals surface area (Å²) in [5.41, 5.74) is 0.752. The Hall–Kier alpha value is -2.43. The molecular weight excluding hydrogens is 259 g/mol. The van der Waals surface area contributed by atoms with Gasteiger partial charge in [0.05, 0.1) is 18.7 Å². The smallest absolute Gasteiger partial charge is 0.256 e. The van der Waals surface area contributed by atoms with Gasteiger partial charge in [-0.25, -0.2) is 4.98 Å². The van der Waals surface area contributed by atoms with Crippen molar-refractivity contribution < 1.29 is 13.9 Å². The minimum absolute atomic E-state index is 0.0748. The first kappa shape index (κ1) is 14.0. The van der Waals surface area contributed by atoms with E-state index in [-0.39, 0.29) is 11.6 Å². The number of halogens is 1. The molecule has 0 saturated heterocycles. The third kappa shape index (κ3) is 2.93. The quantitative estimate of drug-likeness (QED) is 0.872. The van der Waals surface area contributed by atoms with Gasteiger partial charge in [-0.15, -0.1) is 0 Å². The highest BCUT2D eigenvalue weighted by atomic mass is 19.1. The van der Waals surface area contributed by atoms with Crippen molar-refractivity contribution in [2.24, 2.45) is 0 Å². The third-order valence-electron chi connectivity index (χ3n) is 2.96. The zero-order valence-electron chi connectivity index (χ0n) is 11.3. The van der Waals surface area contributed by atoms with Gasteiger partial charge >= 0.3 is 0 Å². The van der Waals surface area contributed by atoms with Gasteiger partial charge in [-0.2, -0.15) is 4.39 Å². The zero-order valence-corrected chi connectivity index (χ0v) is 11.3. The van der Waals surface area contributed by atoms with Crippen LogP contribution in [0.2, 0.25) is 0 Å². The molecule has 0 aliphatic heterocycles. The van der Waals surface area contributed by atoms with Crippen LogP contribution < -0.4 is 10.1 Å². The lowest BCUT2D eigenvalue weighted by Crippen LogP contribution is -2.27. The molecule has 1 N–H and O–H groups in total. The molecule has 0 fully saturated rings. The highest BCUT2D eigenvalue weighted by molar-refractivity contribution is 5.94. The van der Waals surface area contributed by atoms with E-state index < -0.39 is 11.9 Å². The number of ether oxygens (including phenoxy) is 1. The number of carbonyl (C=O) groups excluding carboxylic acids is 1. The van der Waals surface area contributed by atoms with E-state index in [1.807, 2.05) is 31.2 Å². The highest BCUT2D eigenvalue weighted by Crippen LogP contribution is 2.24. The lowest BCUT2D eigenvalue weighted by atomic mass is 10.1. The second-order valence-corrected chi connectivity index (χ2v) is 4.28. The largest absolute Gasteiger partial charge is 0.496 e. The Morgan fingerprint density at radius 3 is 2.75 bits per heavy atom. The normalized spacial score (nSPS) is 11.8. The van der Waals surface area contributed by atoms with Gasteiger partial charge in [-0.05, 0) is 25.1 Å². The summed E-state index contributed by atoms with van der Waals surface area (Å²) < 4.78 is 18.7. The molecule has 0 spiro atoms. The fourth-order valence-electron chi connectivity index (χ4n) is 1.93. The van der Waals surface area contributed by atoms with Gasteiger partial charge in [-0.1, -0.05) is 18.2 Å². The fourth-order valence-corrected chi connectivity index (χ4v) is 1.93. The van der Waals surface area contributed by atoms with Crippen LogP contribution in [0.25, 0.3) is 0 Å². The van der Waals surface area contributed by atoms with Crippen molar-refractivity contribution in [3.63, 3.8) is 0 Å². The van der Waals surface area contributed by atoms with Crippen molar-refractivity contribution >= 4 is 5.91 Å². The average Bonchev–Trinajstić information content (AvgIpc) is 2.47. The summed E-state index contributed by atoms with van der Waals surface area (Å²) in [5, 5.41) is 2.73. The first-order chi connectivity index (χ1) is 9.63. The van der Waals surface area contributed by atoms with Crippen LogP contribution in [0.4, 0.5) is 4.39 Å². The van der Waals surface area contributed by atoms with Crippen molar-refractivity contribution in [1.29, 1.82) is 0 Å². The van der Waals surface area contributed by atoms with Crippen LogP contribution >= 0.6 is 0 Å². The predicted molar refractivity (Wildman–Crippen MR) is 73.1 cm³/mol. The van der Waals surface area contributed by atoms with E-state index in [2.05, 4.69) is 10.3 Å². The van der Waals surface area contributed by atoms with Crippen molar-refractivity contribution in [2.75, 3.05) is 7.11 Å². The Morgan fingerprint density at radius 1 is 1.30 bits per heavy atom. The van der Waals surface area contributed by atoms with Crippen molar-refractivity contribution in [3.8, 4) is 5.75 Å². The summed E-state index contributed by atoms with van der Waals surface area (Å²) in [5.74, 6) is -0.613. The van der Waals surface area contributed by atoms with Crippen LogP contribution in [0, 0.1) is 5.95 Å². The maximum absolute atomic E-state index is 13.4. The van der Waals surface area contributed by atoms with E-state index in [0.717, 1.165) is 5.56 Å². The number of nitrogens with zero attached hydrogens (tertiary/aromatic N) is 1. The molecular formula is C15H15FN2O2.